The van der Waals surface area contributed by atoms with Gasteiger partial charge in [-0.3, -0.25) is 4.79 Å². The molecule has 2 fully saturated rings. The number of hydrogen-bond acceptors (Lipinski definition) is 4. The van der Waals surface area contributed by atoms with Crippen LogP contribution in [0.4, 0.5) is 4.39 Å². The molecule has 0 aromatic carbocycles. The zero-order valence-electron chi connectivity index (χ0n) is 11.3. The lowest BCUT2D eigenvalue weighted by Crippen LogP contribution is -2.49. The van der Waals surface area contributed by atoms with Crippen molar-refractivity contribution in [2.24, 2.45) is 5.92 Å². The van der Waals surface area contributed by atoms with Gasteiger partial charge >= 0.3 is 0 Å². The molecule has 4 nitrogen and oxygen atoms in total. The van der Waals surface area contributed by atoms with Gasteiger partial charge in [-0.25, -0.2) is 4.39 Å². The number of rotatable bonds is 2. The molecule has 2 rings (SSSR count). The van der Waals surface area contributed by atoms with Crippen LogP contribution in [0.25, 0.3) is 0 Å². The van der Waals surface area contributed by atoms with Gasteiger partial charge in [-0.05, 0) is 20.8 Å². The Morgan fingerprint density at radius 3 is 2.56 bits per heavy atom. The summed E-state index contributed by atoms with van der Waals surface area (Å²) in [6, 6.07) is 0. The van der Waals surface area contributed by atoms with Crippen LogP contribution in [-0.4, -0.2) is 42.7 Å². The van der Waals surface area contributed by atoms with Crippen molar-refractivity contribution in [1.29, 1.82) is 0 Å². The Balaban J connectivity index is 2.04. The standard InChI is InChI=1S/C13H21FO4/c1-7-9(15)5-10(17-12(7)8(2)14)11-6-16-13(3,4)18-11/h7-8,10-12H,5-6H2,1-4H3/t7?,8?,10-,11-,12+/m0/s1. The average Bonchev–Trinajstić information content (AvgIpc) is 2.62. The minimum atomic E-state index is -1.16. The molecule has 2 unspecified atom stereocenters. The van der Waals surface area contributed by atoms with Crippen molar-refractivity contribution in [2.75, 3.05) is 6.61 Å². The maximum atomic E-state index is 13.5. The van der Waals surface area contributed by atoms with Crippen LogP contribution < -0.4 is 0 Å². The maximum Gasteiger partial charge on any atom is 0.163 e. The molecule has 2 aliphatic rings. The summed E-state index contributed by atoms with van der Waals surface area (Å²) in [5.41, 5.74) is 0. The molecule has 0 aromatic rings. The van der Waals surface area contributed by atoms with Crippen LogP contribution in [0.2, 0.25) is 0 Å². The number of Topliss-reactive ketones (excluding diaryl/α,β-unsaturated/α-hetero) is 1. The molecule has 2 heterocycles. The molecular formula is C13H21FO4. The van der Waals surface area contributed by atoms with Crippen LogP contribution in [-0.2, 0) is 19.0 Å². The molecule has 2 aliphatic heterocycles. The minimum absolute atomic E-state index is 0.0362. The smallest absolute Gasteiger partial charge is 0.163 e. The summed E-state index contributed by atoms with van der Waals surface area (Å²) in [5.74, 6) is -1.01. The van der Waals surface area contributed by atoms with E-state index in [-0.39, 0.29) is 18.3 Å². The van der Waals surface area contributed by atoms with Crippen LogP contribution in [0.5, 0.6) is 0 Å². The van der Waals surface area contributed by atoms with Crippen molar-refractivity contribution in [1.82, 2.24) is 0 Å². The van der Waals surface area contributed by atoms with Crippen molar-refractivity contribution < 1.29 is 23.4 Å². The Morgan fingerprint density at radius 2 is 2.06 bits per heavy atom. The zero-order valence-corrected chi connectivity index (χ0v) is 11.3. The number of ketones is 1. The van der Waals surface area contributed by atoms with Crippen LogP contribution in [0.3, 0.4) is 0 Å². The zero-order chi connectivity index (χ0) is 13.5. The van der Waals surface area contributed by atoms with Gasteiger partial charge in [-0.15, -0.1) is 0 Å². The Kier molecular flexibility index (Phi) is 3.76. The molecule has 0 bridgehead atoms. The van der Waals surface area contributed by atoms with Gasteiger partial charge in [0.1, 0.15) is 18.1 Å². The van der Waals surface area contributed by atoms with Crippen LogP contribution in [0, 0.1) is 5.92 Å². The predicted molar refractivity (Wildman–Crippen MR) is 62.9 cm³/mol. The van der Waals surface area contributed by atoms with E-state index >= 15 is 0 Å². The largest absolute Gasteiger partial charge is 0.368 e. The SMILES string of the molecule is CC(F)[C@@H]1O[C@H]([C@@H]2COC(C)(C)O2)CC(=O)C1C. The van der Waals surface area contributed by atoms with E-state index < -0.39 is 30.1 Å². The van der Waals surface area contributed by atoms with Gasteiger partial charge in [0, 0.05) is 12.3 Å². The summed E-state index contributed by atoms with van der Waals surface area (Å²) in [4.78, 5) is 11.9. The Morgan fingerprint density at radius 1 is 1.39 bits per heavy atom. The van der Waals surface area contributed by atoms with Gasteiger partial charge in [-0.1, -0.05) is 6.92 Å². The first-order chi connectivity index (χ1) is 8.30. The predicted octanol–water partition coefficient (Wildman–Crippen LogP) is 1.86. The molecule has 0 aromatic heterocycles. The van der Waals surface area contributed by atoms with Crippen molar-refractivity contribution in [3.63, 3.8) is 0 Å². The molecular weight excluding hydrogens is 239 g/mol. The van der Waals surface area contributed by atoms with Gasteiger partial charge in [-0.2, -0.15) is 0 Å². The summed E-state index contributed by atoms with van der Waals surface area (Å²) >= 11 is 0. The topological polar surface area (TPSA) is 44.8 Å². The van der Waals surface area contributed by atoms with Crippen LogP contribution >= 0.6 is 0 Å². The van der Waals surface area contributed by atoms with Crippen molar-refractivity contribution >= 4 is 5.78 Å². The first-order valence-corrected chi connectivity index (χ1v) is 6.44. The molecule has 0 spiro atoms. The lowest BCUT2D eigenvalue weighted by molar-refractivity contribution is -0.186. The molecule has 0 radical (unpaired) electrons. The highest BCUT2D eigenvalue weighted by atomic mass is 19.1. The van der Waals surface area contributed by atoms with Crippen LogP contribution in [0.15, 0.2) is 0 Å². The van der Waals surface area contributed by atoms with Gasteiger partial charge < -0.3 is 14.2 Å². The fourth-order valence-corrected chi connectivity index (χ4v) is 2.56. The molecule has 0 aliphatic carbocycles. The van der Waals surface area contributed by atoms with E-state index in [4.69, 9.17) is 14.2 Å². The first-order valence-electron chi connectivity index (χ1n) is 6.44. The second-order valence-electron chi connectivity index (χ2n) is 5.64. The Bertz CT molecular complexity index is 329. The number of carbonyl (C=O) groups is 1. The van der Waals surface area contributed by atoms with E-state index in [0.717, 1.165) is 0 Å². The molecule has 0 amide bonds. The lowest BCUT2D eigenvalue weighted by atomic mass is 9.88. The van der Waals surface area contributed by atoms with Crippen molar-refractivity contribution in [3.8, 4) is 0 Å². The lowest BCUT2D eigenvalue weighted by Gasteiger charge is -2.36. The highest BCUT2D eigenvalue weighted by molar-refractivity contribution is 5.82. The maximum absolute atomic E-state index is 13.5. The number of alkyl halides is 1. The monoisotopic (exact) mass is 260 g/mol. The van der Waals surface area contributed by atoms with Crippen LogP contribution in [0.1, 0.15) is 34.1 Å². The number of carbonyl (C=O) groups excluding carboxylic acids is 1. The van der Waals surface area contributed by atoms with Crippen molar-refractivity contribution in [3.05, 3.63) is 0 Å². The molecule has 5 atom stereocenters. The molecule has 5 heteroatoms. The highest BCUT2D eigenvalue weighted by Gasteiger charge is 2.45. The van der Waals surface area contributed by atoms with Gasteiger partial charge in [0.05, 0.1) is 18.8 Å². The van der Waals surface area contributed by atoms with E-state index in [2.05, 4.69) is 0 Å². The van der Waals surface area contributed by atoms with E-state index in [9.17, 15) is 9.18 Å². The van der Waals surface area contributed by atoms with E-state index in [1.54, 1.807) is 6.92 Å². The average molecular weight is 260 g/mol. The molecule has 2 saturated heterocycles. The minimum Gasteiger partial charge on any atom is -0.368 e. The third-order valence-corrected chi connectivity index (χ3v) is 3.63. The second kappa shape index (κ2) is 4.87. The first kappa shape index (κ1) is 13.9. The summed E-state index contributed by atoms with van der Waals surface area (Å²) in [6.45, 7) is 7.15. The third-order valence-electron chi connectivity index (χ3n) is 3.63. The highest BCUT2D eigenvalue weighted by Crippen LogP contribution is 2.32. The fourth-order valence-electron chi connectivity index (χ4n) is 2.56. The number of ether oxygens (including phenoxy) is 3. The van der Waals surface area contributed by atoms with Gasteiger partial charge in [0.15, 0.2) is 5.79 Å². The Labute approximate surface area is 107 Å². The molecule has 0 saturated carbocycles. The Hall–Kier alpha value is -0.520. The van der Waals surface area contributed by atoms with E-state index in [1.807, 2.05) is 13.8 Å². The summed E-state index contributed by atoms with van der Waals surface area (Å²) < 4.78 is 30.3. The molecule has 0 N–H and O–H groups in total. The summed E-state index contributed by atoms with van der Waals surface area (Å²) in [6.07, 6.45) is -2.27. The summed E-state index contributed by atoms with van der Waals surface area (Å²) in [7, 11) is 0. The summed E-state index contributed by atoms with van der Waals surface area (Å²) in [5, 5.41) is 0. The van der Waals surface area contributed by atoms with E-state index in [0.29, 0.717) is 6.61 Å². The molecule has 18 heavy (non-hydrogen) atoms. The van der Waals surface area contributed by atoms with E-state index in [1.165, 1.54) is 6.92 Å². The third kappa shape index (κ3) is 2.73. The van der Waals surface area contributed by atoms with Gasteiger partial charge in [0.25, 0.3) is 0 Å². The quantitative estimate of drug-likeness (QED) is 0.760. The van der Waals surface area contributed by atoms with Crippen molar-refractivity contribution in [2.45, 2.75) is 64.4 Å². The second-order valence-corrected chi connectivity index (χ2v) is 5.64. The number of hydrogen-bond donors (Lipinski definition) is 0. The van der Waals surface area contributed by atoms with Gasteiger partial charge in [0.2, 0.25) is 0 Å². The fraction of sp³-hybridized carbons (Fsp3) is 0.923. The normalized spacial score (nSPS) is 41.9. The number of halogens is 1. The molecule has 104 valence electrons.